The number of rotatable bonds is 4. The second-order valence-corrected chi connectivity index (χ2v) is 4.42. The van der Waals surface area contributed by atoms with Crippen molar-refractivity contribution in [2.24, 2.45) is 0 Å². The first kappa shape index (κ1) is 10.0. The molecule has 0 aromatic rings. The molecule has 0 N–H and O–H groups in total. The fraction of sp³-hybridized carbons (Fsp3) is 0.900. The highest BCUT2D eigenvalue weighted by atomic mass is 35.5. The Morgan fingerprint density at radius 2 is 2.25 bits per heavy atom. The lowest BCUT2D eigenvalue weighted by atomic mass is 9.98. The summed E-state index contributed by atoms with van der Waals surface area (Å²) in [5, 5.41) is 0. The fourth-order valence-electron chi connectivity index (χ4n) is 1.81. The van der Waals surface area contributed by atoms with Gasteiger partial charge in [0.1, 0.15) is 4.87 Å². The maximum Gasteiger partial charge on any atom is 0.153 e. The van der Waals surface area contributed by atoms with Crippen molar-refractivity contribution < 1.29 is 4.79 Å². The maximum atomic E-state index is 11.4. The highest BCUT2D eigenvalue weighted by Crippen LogP contribution is 2.36. The molecular formula is C10H17ClO. The molecule has 0 aromatic heterocycles. The van der Waals surface area contributed by atoms with Crippen molar-refractivity contribution in [1.29, 1.82) is 0 Å². The Bertz CT molecular complexity index is 167. The largest absolute Gasteiger partial charge is 0.298 e. The quantitative estimate of drug-likeness (QED) is 0.489. The normalized spacial score (nSPS) is 29.7. The smallest absolute Gasteiger partial charge is 0.153 e. The zero-order valence-corrected chi connectivity index (χ0v) is 8.49. The van der Waals surface area contributed by atoms with E-state index < -0.39 is 4.87 Å². The van der Waals surface area contributed by atoms with Gasteiger partial charge in [-0.15, -0.1) is 11.6 Å². The van der Waals surface area contributed by atoms with E-state index in [1.54, 1.807) is 0 Å². The number of carbonyl (C=O) groups is 1. The van der Waals surface area contributed by atoms with Crippen LogP contribution in [0.15, 0.2) is 0 Å². The minimum atomic E-state index is -0.463. The van der Waals surface area contributed by atoms with Gasteiger partial charge >= 0.3 is 0 Å². The second kappa shape index (κ2) is 4.27. The first-order chi connectivity index (χ1) is 5.69. The summed E-state index contributed by atoms with van der Waals surface area (Å²) >= 11 is 6.21. The molecule has 1 fully saturated rings. The molecule has 0 aliphatic heterocycles. The van der Waals surface area contributed by atoms with Crippen LogP contribution in [0.1, 0.15) is 51.9 Å². The summed E-state index contributed by atoms with van der Waals surface area (Å²) in [5.41, 5.74) is 0. The van der Waals surface area contributed by atoms with Crippen LogP contribution in [0.5, 0.6) is 0 Å². The van der Waals surface area contributed by atoms with Crippen LogP contribution < -0.4 is 0 Å². The van der Waals surface area contributed by atoms with Crippen LogP contribution in [0.25, 0.3) is 0 Å². The van der Waals surface area contributed by atoms with Crippen molar-refractivity contribution in [2.75, 3.05) is 0 Å². The van der Waals surface area contributed by atoms with E-state index >= 15 is 0 Å². The topological polar surface area (TPSA) is 17.1 Å². The number of alkyl halides is 1. The van der Waals surface area contributed by atoms with Gasteiger partial charge in [0.2, 0.25) is 0 Å². The molecule has 0 heterocycles. The SMILES string of the molecule is CCCCCC1(Cl)CCCC1=O. The van der Waals surface area contributed by atoms with E-state index in [2.05, 4.69) is 6.92 Å². The van der Waals surface area contributed by atoms with Crippen molar-refractivity contribution in [1.82, 2.24) is 0 Å². The van der Waals surface area contributed by atoms with Crippen molar-refractivity contribution in [3.05, 3.63) is 0 Å². The van der Waals surface area contributed by atoms with Crippen molar-refractivity contribution in [2.45, 2.75) is 56.7 Å². The van der Waals surface area contributed by atoms with E-state index in [4.69, 9.17) is 11.6 Å². The van der Waals surface area contributed by atoms with Gasteiger partial charge in [0, 0.05) is 6.42 Å². The maximum absolute atomic E-state index is 11.4. The number of carbonyl (C=O) groups excluding carboxylic acids is 1. The second-order valence-electron chi connectivity index (χ2n) is 3.70. The minimum Gasteiger partial charge on any atom is -0.298 e. The molecule has 2 heteroatoms. The van der Waals surface area contributed by atoms with Crippen LogP contribution >= 0.6 is 11.6 Å². The molecular weight excluding hydrogens is 172 g/mol. The van der Waals surface area contributed by atoms with Gasteiger partial charge in [0.05, 0.1) is 0 Å². The van der Waals surface area contributed by atoms with Gasteiger partial charge < -0.3 is 0 Å². The summed E-state index contributed by atoms with van der Waals surface area (Å²) in [4.78, 5) is 10.9. The van der Waals surface area contributed by atoms with Gasteiger partial charge in [0.15, 0.2) is 5.78 Å². The molecule has 1 rings (SSSR count). The molecule has 70 valence electrons. The van der Waals surface area contributed by atoms with E-state index in [-0.39, 0.29) is 5.78 Å². The molecule has 1 aliphatic carbocycles. The summed E-state index contributed by atoms with van der Waals surface area (Å²) in [6.07, 6.45) is 6.98. The Kier molecular flexibility index (Phi) is 3.57. The van der Waals surface area contributed by atoms with Gasteiger partial charge in [0.25, 0.3) is 0 Å². The molecule has 0 bridgehead atoms. The monoisotopic (exact) mass is 188 g/mol. The van der Waals surface area contributed by atoms with Gasteiger partial charge in [-0.25, -0.2) is 0 Å². The number of halogens is 1. The number of hydrogen-bond acceptors (Lipinski definition) is 1. The summed E-state index contributed by atoms with van der Waals surface area (Å²) < 4.78 is 0. The minimum absolute atomic E-state index is 0.278. The lowest BCUT2D eigenvalue weighted by molar-refractivity contribution is -0.119. The number of ketones is 1. The fourth-order valence-corrected chi connectivity index (χ4v) is 2.17. The van der Waals surface area contributed by atoms with E-state index in [1.807, 2.05) is 0 Å². The first-order valence-corrected chi connectivity index (χ1v) is 5.29. The van der Waals surface area contributed by atoms with Crippen LogP contribution in [-0.4, -0.2) is 10.7 Å². The molecule has 1 saturated carbocycles. The molecule has 12 heavy (non-hydrogen) atoms. The standard InChI is InChI=1S/C10H17ClO/c1-2-3-4-7-10(11)8-5-6-9(10)12/h2-8H2,1H3. The predicted molar refractivity (Wildman–Crippen MR) is 51.6 cm³/mol. The Balaban J connectivity index is 2.33. The van der Waals surface area contributed by atoms with Crippen LogP contribution in [0.4, 0.5) is 0 Å². The van der Waals surface area contributed by atoms with E-state index in [0.29, 0.717) is 6.42 Å². The molecule has 1 nitrogen and oxygen atoms in total. The average molecular weight is 189 g/mol. The lowest BCUT2D eigenvalue weighted by Gasteiger charge is -2.18. The van der Waals surface area contributed by atoms with Gasteiger partial charge in [-0.05, 0) is 19.3 Å². The third-order valence-electron chi connectivity index (χ3n) is 2.65. The Hall–Kier alpha value is -0.0400. The highest BCUT2D eigenvalue weighted by Gasteiger charge is 2.38. The molecule has 0 saturated heterocycles. The molecule has 1 atom stereocenters. The molecule has 0 spiro atoms. The van der Waals surface area contributed by atoms with Gasteiger partial charge in [-0.1, -0.05) is 26.2 Å². The van der Waals surface area contributed by atoms with Gasteiger partial charge in [-0.3, -0.25) is 4.79 Å². The number of unbranched alkanes of at least 4 members (excludes halogenated alkanes) is 2. The van der Waals surface area contributed by atoms with E-state index in [9.17, 15) is 4.79 Å². The Labute approximate surface area is 79.5 Å². The summed E-state index contributed by atoms with van der Waals surface area (Å²) in [6, 6.07) is 0. The first-order valence-electron chi connectivity index (χ1n) is 4.91. The van der Waals surface area contributed by atoms with Crippen LogP contribution in [0.2, 0.25) is 0 Å². The predicted octanol–water partition coefficient (Wildman–Crippen LogP) is 3.30. The Morgan fingerprint density at radius 1 is 1.50 bits per heavy atom. The van der Waals surface area contributed by atoms with E-state index in [1.165, 1.54) is 12.8 Å². The summed E-state index contributed by atoms with van der Waals surface area (Å²) in [5.74, 6) is 0.278. The van der Waals surface area contributed by atoms with Gasteiger partial charge in [-0.2, -0.15) is 0 Å². The molecule has 0 amide bonds. The molecule has 0 radical (unpaired) electrons. The van der Waals surface area contributed by atoms with Crippen LogP contribution in [0.3, 0.4) is 0 Å². The third kappa shape index (κ3) is 2.22. The third-order valence-corrected chi connectivity index (χ3v) is 3.24. The zero-order valence-electron chi connectivity index (χ0n) is 7.74. The Morgan fingerprint density at radius 3 is 2.75 bits per heavy atom. The number of hydrogen-bond donors (Lipinski definition) is 0. The highest BCUT2D eigenvalue weighted by molar-refractivity contribution is 6.35. The molecule has 0 aromatic carbocycles. The number of Topliss-reactive ketones (excluding diaryl/α,β-unsaturated/α-hetero) is 1. The van der Waals surface area contributed by atoms with Crippen LogP contribution in [0, 0.1) is 0 Å². The lowest BCUT2D eigenvalue weighted by Crippen LogP contribution is -2.26. The molecule has 1 aliphatic rings. The van der Waals surface area contributed by atoms with Crippen LogP contribution in [-0.2, 0) is 4.79 Å². The van der Waals surface area contributed by atoms with Crippen molar-refractivity contribution in [3.8, 4) is 0 Å². The average Bonchev–Trinajstić information content (AvgIpc) is 2.34. The van der Waals surface area contributed by atoms with E-state index in [0.717, 1.165) is 25.7 Å². The van der Waals surface area contributed by atoms with Crippen molar-refractivity contribution in [3.63, 3.8) is 0 Å². The summed E-state index contributed by atoms with van der Waals surface area (Å²) in [7, 11) is 0. The molecule has 1 unspecified atom stereocenters. The summed E-state index contributed by atoms with van der Waals surface area (Å²) in [6.45, 7) is 2.16. The van der Waals surface area contributed by atoms with Crippen molar-refractivity contribution >= 4 is 17.4 Å². The zero-order chi connectivity index (χ0) is 9.03.